The van der Waals surface area contributed by atoms with E-state index in [0.717, 1.165) is 0 Å². The van der Waals surface area contributed by atoms with Gasteiger partial charge in [-0.05, 0) is 0 Å². The number of amides is 2. The van der Waals surface area contributed by atoms with E-state index >= 15 is 0 Å². The number of carbonyl (C=O) groups excluding carboxylic acids is 2. The SMILES string of the molecule is COC(CNC(=O)CCNC(=O)C(C)(C)C)CC(=O)O. The van der Waals surface area contributed by atoms with Gasteiger partial charge in [-0.2, -0.15) is 0 Å². The molecule has 1 unspecified atom stereocenters. The van der Waals surface area contributed by atoms with Gasteiger partial charge in [-0.15, -0.1) is 0 Å². The van der Waals surface area contributed by atoms with Crippen LogP contribution in [-0.4, -0.2) is 49.2 Å². The van der Waals surface area contributed by atoms with Gasteiger partial charge in [0.25, 0.3) is 0 Å². The summed E-state index contributed by atoms with van der Waals surface area (Å²) in [5, 5.41) is 13.9. The van der Waals surface area contributed by atoms with Gasteiger partial charge in [-0.1, -0.05) is 20.8 Å². The molecule has 0 saturated heterocycles. The molecule has 0 aromatic carbocycles. The van der Waals surface area contributed by atoms with Crippen molar-refractivity contribution in [2.75, 3.05) is 20.2 Å². The molecule has 0 fully saturated rings. The highest BCUT2D eigenvalue weighted by Crippen LogP contribution is 2.11. The largest absolute Gasteiger partial charge is 0.481 e. The maximum Gasteiger partial charge on any atom is 0.306 e. The molecule has 20 heavy (non-hydrogen) atoms. The predicted octanol–water partition coefficient (Wildman–Crippen LogP) is 0.145. The lowest BCUT2D eigenvalue weighted by Gasteiger charge is -2.17. The van der Waals surface area contributed by atoms with Gasteiger partial charge in [0.05, 0.1) is 12.5 Å². The maximum atomic E-state index is 11.6. The van der Waals surface area contributed by atoms with Gasteiger partial charge in [0.2, 0.25) is 11.8 Å². The second-order valence-electron chi connectivity index (χ2n) is 5.52. The number of aliphatic carboxylic acids is 1. The summed E-state index contributed by atoms with van der Waals surface area (Å²) in [6.45, 7) is 5.75. The van der Waals surface area contributed by atoms with Crippen molar-refractivity contribution in [2.45, 2.75) is 39.7 Å². The third-order valence-electron chi connectivity index (χ3n) is 2.58. The maximum absolute atomic E-state index is 11.6. The van der Waals surface area contributed by atoms with Crippen LogP contribution in [0.1, 0.15) is 33.6 Å². The Morgan fingerprint density at radius 3 is 2.25 bits per heavy atom. The standard InChI is InChI=1S/C13H24N2O5/c1-13(2,3)12(19)14-6-5-10(16)15-8-9(20-4)7-11(17)18/h9H,5-8H2,1-4H3,(H,14,19)(H,15,16)(H,17,18). The lowest BCUT2D eigenvalue weighted by molar-refractivity contribution is -0.140. The Balaban J connectivity index is 3.89. The average molecular weight is 288 g/mol. The van der Waals surface area contributed by atoms with Gasteiger partial charge in [-0.25, -0.2) is 0 Å². The molecule has 0 spiro atoms. The zero-order valence-electron chi connectivity index (χ0n) is 12.5. The van der Waals surface area contributed by atoms with Crippen LogP contribution in [-0.2, 0) is 19.1 Å². The van der Waals surface area contributed by atoms with Crippen molar-refractivity contribution in [1.29, 1.82) is 0 Å². The number of carboxylic acids is 1. The molecule has 0 heterocycles. The van der Waals surface area contributed by atoms with Crippen LogP contribution in [0.2, 0.25) is 0 Å². The zero-order chi connectivity index (χ0) is 15.8. The van der Waals surface area contributed by atoms with Crippen LogP contribution in [0.3, 0.4) is 0 Å². The summed E-state index contributed by atoms with van der Waals surface area (Å²) in [6.07, 6.45) is -0.580. The fourth-order valence-corrected chi connectivity index (χ4v) is 1.30. The molecule has 0 aromatic rings. The molecule has 0 aliphatic rings. The van der Waals surface area contributed by atoms with E-state index in [1.165, 1.54) is 7.11 Å². The highest BCUT2D eigenvalue weighted by molar-refractivity contribution is 5.82. The molecule has 0 aliphatic heterocycles. The van der Waals surface area contributed by atoms with Gasteiger partial charge in [0.1, 0.15) is 0 Å². The van der Waals surface area contributed by atoms with Crippen molar-refractivity contribution in [2.24, 2.45) is 5.41 Å². The van der Waals surface area contributed by atoms with Crippen molar-refractivity contribution in [3.8, 4) is 0 Å². The molecule has 116 valence electrons. The van der Waals surface area contributed by atoms with Crippen molar-refractivity contribution in [3.63, 3.8) is 0 Å². The summed E-state index contributed by atoms with van der Waals surface area (Å²) < 4.78 is 4.93. The first kappa shape index (κ1) is 18.4. The number of hydrogen-bond acceptors (Lipinski definition) is 4. The van der Waals surface area contributed by atoms with E-state index in [9.17, 15) is 14.4 Å². The summed E-state index contributed by atoms with van der Waals surface area (Å²) in [7, 11) is 1.39. The van der Waals surface area contributed by atoms with Crippen molar-refractivity contribution in [3.05, 3.63) is 0 Å². The Kier molecular flexibility index (Phi) is 7.83. The summed E-state index contributed by atoms with van der Waals surface area (Å²) in [6, 6.07) is 0. The van der Waals surface area contributed by atoms with E-state index in [1.807, 2.05) is 0 Å². The zero-order valence-corrected chi connectivity index (χ0v) is 12.5. The molecule has 0 bridgehead atoms. The normalized spacial score (nSPS) is 12.6. The van der Waals surface area contributed by atoms with Gasteiger partial charge in [0.15, 0.2) is 0 Å². The number of nitrogens with one attached hydrogen (secondary N) is 2. The lowest BCUT2D eigenvalue weighted by atomic mass is 9.96. The third kappa shape index (κ3) is 8.47. The highest BCUT2D eigenvalue weighted by atomic mass is 16.5. The monoisotopic (exact) mass is 288 g/mol. The van der Waals surface area contributed by atoms with Crippen molar-refractivity contribution in [1.82, 2.24) is 10.6 Å². The molecule has 7 nitrogen and oxygen atoms in total. The van der Waals surface area contributed by atoms with Crippen LogP contribution >= 0.6 is 0 Å². The van der Waals surface area contributed by atoms with E-state index < -0.39 is 17.5 Å². The van der Waals surface area contributed by atoms with Crippen LogP contribution in [0.15, 0.2) is 0 Å². The molecule has 0 saturated carbocycles. The highest BCUT2D eigenvalue weighted by Gasteiger charge is 2.20. The van der Waals surface area contributed by atoms with E-state index in [-0.39, 0.29) is 37.7 Å². The Hall–Kier alpha value is -1.63. The van der Waals surface area contributed by atoms with Crippen LogP contribution in [0.5, 0.6) is 0 Å². The first-order valence-electron chi connectivity index (χ1n) is 6.46. The second kappa shape index (κ2) is 8.52. The number of carboxylic acid groups (broad SMARTS) is 1. The average Bonchev–Trinajstić information content (AvgIpc) is 2.32. The van der Waals surface area contributed by atoms with E-state index in [4.69, 9.17) is 9.84 Å². The van der Waals surface area contributed by atoms with Gasteiger partial charge in [0, 0.05) is 32.0 Å². The van der Waals surface area contributed by atoms with Crippen LogP contribution in [0, 0.1) is 5.41 Å². The Morgan fingerprint density at radius 1 is 1.20 bits per heavy atom. The molecule has 1 atom stereocenters. The summed E-state index contributed by atoms with van der Waals surface area (Å²) >= 11 is 0. The van der Waals surface area contributed by atoms with Crippen molar-refractivity contribution >= 4 is 17.8 Å². The second-order valence-corrected chi connectivity index (χ2v) is 5.52. The smallest absolute Gasteiger partial charge is 0.306 e. The first-order valence-corrected chi connectivity index (χ1v) is 6.46. The molecular weight excluding hydrogens is 264 g/mol. The molecular formula is C13H24N2O5. The number of rotatable bonds is 8. The molecule has 0 radical (unpaired) electrons. The first-order chi connectivity index (χ1) is 9.16. The summed E-state index contributed by atoms with van der Waals surface area (Å²) in [5.41, 5.74) is -0.487. The number of ether oxygens (including phenoxy) is 1. The van der Waals surface area contributed by atoms with Crippen molar-refractivity contribution < 1.29 is 24.2 Å². The molecule has 0 rings (SSSR count). The minimum atomic E-state index is -0.983. The molecule has 7 heteroatoms. The Bertz CT molecular complexity index is 349. The number of methoxy groups -OCH3 is 1. The summed E-state index contributed by atoms with van der Waals surface area (Å²) in [4.78, 5) is 33.6. The number of hydrogen-bond donors (Lipinski definition) is 3. The topological polar surface area (TPSA) is 105 Å². The van der Waals surface area contributed by atoms with Crippen LogP contribution in [0.25, 0.3) is 0 Å². The fourth-order valence-electron chi connectivity index (χ4n) is 1.30. The molecule has 0 aromatic heterocycles. The predicted molar refractivity (Wildman–Crippen MR) is 73.1 cm³/mol. The fraction of sp³-hybridized carbons (Fsp3) is 0.769. The van der Waals surface area contributed by atoms with Crippen LogP contribution < -0.4 is 10.6 Å². The van der Waals surface area contributed by atoms with E-state index in [2.05, 4.69) is 10.6 Å². The van der Waals surface area contributed by atoms with Gasteiger partial charge < -0.3 is 20.5 Å². The molecule has 0 aliphatic carbocycles. The third-order valence-corrected chi connectivity index (χ3v) is 2.58. The minimum Gasteiger partial charge on any atom is -0.481 e. The lowest BCUT2D eigenvalue weighted by Crippen LogP contribution is -2.39. The van der Waals surface area contributed by atoms with Crippen LogP contribution in [0.4, 0.5) is 0 Å². The van der Waals surface area contributed by atoms with E-state index in [0.29, 0.717) is 0 Å². The number of carbonyl (C=O) groups is 3. The Labute approximate surface area is 119 Å². The molecule has 2 amide bonds. The van der Waals surface area contributed by atoms with E-state index in [1.54, 1.807) is 20.8 Å². The van der Waals surface area contributed by atoms with Gasteiger partial charge >= 0.3 is 5.97 Å². The quantitative estimate of drug-likeness (QED) is 0.589. The minimum absolute atomic E-state index is 0.119. The summed E-state index contributed by atoms with van der Waals surface area (Å²) in [5.74, 6) is -1.36. The van der Waals surface area contributed by atoms with Gasteiger partial charge in [-0.3, -0.25) is 14.4 Å². The molecule has 3 N–H and O–H groups in total. The Morgan fingerprint density at radius 2 is 1.80 bits per heavy atom.